The average Bonchev–Trinajstić information content (AvgIpc) is 2.81. The number of hydrogen-bond donors (Lipinski definition) is 2. The van der Waals surface area contributed by atoms with Gasteiger partial charge in [-0.15, -0.1) is 0 Å². The summed E-state index contributed by atoms with van der Waals surface area (Å²) in [6.07, 6.45) is 6.00. The number of nitrogens with zero attached hydrogens (tertiary/aromatic N) is 1. The lowest BCUT2D eigenvalue weighted by atomic mass is 9.94. The highest BCUT2D eigenvalue weighted by Gasteiger charge is 2.47. The summed E-state index contributed by atoms with van der Waals surface area (Å²) in [4.78, 5) is 38.3. The molecule has 1 atom stereocenters. The van der Waals surface area contributed by atoms with Crippen molar-refractivity contribution < 1.29 is 14.4 Å². The number of urea groups is 1. The summed E-state index contributed by atoms with van der Waals surface area (Å²) < 4.78 is 0. The van der Waals surface area contributed by atoms with Crippen LogP contribution in [0.3, 0.4) is 0 Å². The fourth-order valence-electron chi connectivity index (χ4n) is 3.31. The zero-order valence-corrected chi connectivity index (χ0v) is 16.9. The first-order valence-corrected chi connectivity index (χ1v) is 9.78. The molecule has 0 aromatic heterocycles. The molecule has 2 rings (SSSR count). The summed E-state index contributed by atoms with van der Waals surface area (Å²) in [5, 5.41) is 5.52. The average molecular weight is 373 g/mol. The largest absolute Gasteiger partial charge is 0.325 e. The van der Waals surface area contributed by atoms with Crippen molar-refractivity contribution in [2.45, 2.75) is 71.8 Å². The molecular formula is C21H31N3O3. The number of aryl methyl sites for hydroxylation is 2. The Bertz CT molecular complexity index is 717. The van der Waals surface area contributed by atoms with E-state index in [4.69, 9.17) is 0 Å². The van der Waals surface area contributed by atoms with E-state index >= 15 is 0 Å². The van der Waals surface area contributed by atoms with Crippen LogP contribution < -0.4 is 10.6 Å². The van der Waals surface area contributed by atoms with Gasteiger partial charge in [0.05, 0.1) is 0 Å². The highest BCUT2D eigenvalue weighted by Crippen LogP contribution is 2.24. The molecule has 0 aliphatic carbocycles. The SMILES string of the molecule is CCCCCCCC1(C)NC(=O)N(CC(=O)Nc2ccc(C)c(C)c2)C1=O. The number of unbranched alkanes of at least 4 members (excludes halogenated alkanes) is 4. The maximum absolute atomic E-state index is 12.7. The molecule has 0 bridgehead atoms. The second-order valence-electron chi connectivity index (χ2n) is 7.66. The van der Waals surface area contributed by atoms with Crippen molar-refractivity contribution in [3.8, 4) is 0 Å². The first-order chi connectivity index (χ1) is 12.8. The topological polar surface area (TPSA) is 78.5 Å². The minimum atomic E-state index is -0.913. The summed E-state index contributed by atoms with van der Waals surface area (Å²) in [7, 11) is 0. The Morgan fingerprint density at radius 3 is 2.48 bits per heavy atom. The molecule has 0 radical (unpaired) electrons. The van der Waals surface area contributed by atoms with Gasteiger partial charge in [0.25, 0.3) is 5.91 Å². The van der Waals surface area contributed by atoms with E-state index < -0.39 is 11.6 Å². The zero-order chi connectivity index (χ0) is 20.0. The number of benzene rings is 1. The van der Waals surface area contributed by atoms with E-state index in [1.54, 1.807) is 6.92 Å². The number of carbonyl (C=O) groups is 3. The lowest BCUT2D eigenvalue weighted by Crippen LogP contribution is -2.44. The minimum absolute atomic E-state index is 0.275. The van der Waals surface area contributed by atoms with Crippen molar-refractivity contribution >= 4 is 23.5 Å². The normalized spacial score (nSPS) is 19.3. The molecule has 2 N–H and O–H groups in total. The molecule has 1 aliphatic rings. The number of anilines is 1. The van der Waals surface area contributed by atoms with Gasteiger partial charge in [-0.1, -0.05) is 45.1 Å². The monoisotopic (exact) mass is 373 g/mol. The molecule has 0 saturated carbocycles. The van der Waals surface area contributed by atoms with Crippen LogP contribution in [0.4, 0.5) is 10.5 Å². The third kappa shape index (κ3) is 5.31. The molecular weight excluding hydrogens is 342 g/mol. The predicted octanol–water partition coefficient (Wildman–Crippen LogP) is 3.91. The quantitative estimate of drug-likeness (QED) is 0.509. The number of nitrogens with one attached hydrogen (secondary N) is 2. The smallest absolute Gasteiger partial charge is 0.325 e. The van der Waals surface area contributed by atoms with Gasteiger partial charge < -0.3 is 10.6 Å². The van der Waals surface area contributed by atoms with Crippen molar-refractivity contribution in [3.63, 3.8) is 0 Å². The summed E-state index contributed by atoms with van der Waals surface area (Å²) >= 11 is 0. The molecule has 4 amide bonds. The number of hydrogen-bond acceptors (Lipinski definition) is 3. The van der Waals surface area contributed by atoms with Crippen LogP contribution in [0.5, 0.6) is 0 Å². The molecule has 0 spiro atoms. The molecule has 1 fully saturated rings. The van der Waals surface area contributed by atoms with E-state index in [1.807, 2.05) is 32.0 Å². The second kappa shape index (κ2) is 9.02. The van der Waals surface area contributed by atoms with Crippen LogP contribution in [0.15, 0.2) is 18.2 Å². The summed E-state index contributed by atoms with van der Waals surface area (Å²) in [5.41, 5.74) is 1.95. The lowest BCUT2D eigenvalue weighted by molar-refractivity contribution is -0.133. The van der Waals surface area contributed by atoms with Gasteiger partial charge in [-0.25, -0.2) is 4.79 Å². The maximum atomic E-state index is 12.7. The van der Waals surface area contributed by atoms with Gasteiger partial charge in [-0.2, -0.15) is 0 Å². The van der Waals surface area contributed by atoms with Crippen LogP contribution in [-0.2, 0) is 9.59 Å². The standard InChI is InChI=1S/C21H31N3O3/c1-5-6-7-8-9-12-21(4)19(26)24(20(27)23-21)14-18(25)22-17-11-10-15(2)16(3)13-17/h10-11,13H,5-9,12,14H2,1-4H3,(H,22,25)(H,23,27). The fourth-order valence-corrected chi connectivity index (χ4v) is 3.31. The summed E-state index contributed by atoms with van der Waals surface area (Å²) in [6.45, 7) is 7.59. The van der Waals surface area contributed by atoms with Crippen molar-refractivity contribution in [1.29, 1.82) is 0 Å². The van der Waals surface area contributed by atoms with Crippen LogP contribution in [0, 0.1) is 13.8 Å². The Morgan fingerprint density at radius 1 is 1.11 bits per heavy atom. The van der Waals surface area contributed by atoms with E-state index in [0.29, 0.717) is 12.1 Å². The molecule has 1 saturated heterocycles. The van der Waals surface area contributed by atoms with Crippen LogP contribution in [-0.4, -0.2) is 34.8 Å². The fraction of sp³-hybridized carbons (Fsp3) is 0.571. The van der Waals surface area contributed by atoms with Gasteiger partial charge in [-0.05, 0) is 50.5 Å². The highest BCUT2D eigenvalue weighted by molar-refractivity contribution is 6.09. The molecule has 1 unspecified atom stereocenters. The molecule has 6 nitrogen and oxygen atoms in total. The van der Waals surface area contributed by atoms with Crippen molar-refractivity contribution in [1.82, 2.24) is 10.2 Å². The van der Waals surface area contributed by atoms with Crippen LogP contribution in [0.2, 0.25) is 0 Å². The molecule has 27 heavy (non-hydrogen) atoms. The van der Waals surface area contributed by atoms with Gasteiger partial charge >= 0.3 is 6.03 Å². The van der Waals surface area contributed by atoms with E-state index in [1.165, 1.54) is 6.42 Å². The molecule has 1 aromatic carbocycles. The van der Waals surface area contributed by atoms with E-state index in [0.717, 1.165) is 41.7 Å². The Morgan fingerprint density at radius 2 is 1.81 bits per heavy atom. The Hall–Kier alpha value is -2.37. The first kappa shape index (κ1) is 20.9. The predicted molar refractivity (Wildman–Crippen MR) is 107 cm³/mol. The van der Waals surface area contributed by atoms with E-state index in [2.05, 4.69) is 17.6 Å². The lowest BCUT2D eigenvalue weighted by Gasteiger charge is -2.21. The molecule has 148 valence electrons. The number of rotatable bonds is 9. The van der Waals surface area contributed by atoms with Crippen LogP contribution >= 0.6 is 0 Å². The van der Waals surface area contributed by atoms with Gasteiger partial charge in [0.2, 0.25) is 5.91 Å². The van der Waals surface area contributed by atoms with Gasteiger partial charge in [0.1, 0.15) is 12.1 Å². The first-order valence-electron chi connectivity index (χ1n) is 9.78. The Kier molecular flexibility index (Phi) is 6.99. The van der Waals surface area contributed by atoms with Crippen molar-refractivity contribution in [3.05, 3.63) is 29.3 Å². The summed E-state index contributed by atoms with van der Waals surface area (Å²) in [5.74, 6) is -0.702. The molecule has 6 heteroatoms. The van der Waals surface area contributed by atoms with Gasteiger partial charge in [-0.3, -0.25) is 14.5 Å². The van der Waals surface area contributed by atoms with Crippen molar-refractivity contribution in [2.75, 3.05) is 11.9 Å². The summed E-state index contributed by atoms with van der Waals surface area (Å²) in [6, 6.07) is 5.12. The highest BCUT2D eigenvalue weighted by atomic mass is 16.2. The van der Waals surface area contributed by atoms with E-state index in [9.17, 15) is 14.4 Å². The van der Waals surface area contributed by atoms with Gasteiger partial charge in [0, 0.05) is 5.69 Å². The van der Waals surface area contributed by atoms with Crippen molar-refractivity contribution in [2.24, 2.45) is 0 Å². The van der Waals surface area contributed by atoms with Crippen LogP contribution in [0.25, 0.3) is 0 Å². The minimum Gasteiger partial charge on any atom is -0.325 e. The van der Waals surface area contributed by atoms with E-state index in [-0.39, 0.29) is 18.4 Å². The van der Waals surface area contributed by atoms with Gasteiger partial charge in [0.15, 0.2) is 0 Å². The molecule has 1 aliphatic heterocycles. The zero-order valence-electron chi connectivity index (χ0n) is 16.9. The third-order valence-corrected chi connectivity index (χ3v) is 5.22. The second-order valence-corrected chi connectivity index (χ2v) is 7.66. The number of imide groups is 1. The van der Waals surface area contributed by atoms with Crippen LogP contribution in [0.1, 0.15) is 63.5 Å². The molecule has 1 aromatic rings. The number of carbonyl (C=O) groups excluding carboxylic acids is 3. The molecule has 1 heterocycles. The third-order valence-electron chi connectivity index (χ3n) is 5.22. The maximum Gasteiger partial charge on any atom is 0.325 e. The Labute approximate surface area is 161 Å². The number of amides is 4. The Balaban J connectivity index is 1.91.